The summed E-state index contributed by atoms with van der Waals surface area (Å²) < 4.78 is 0. The molecule has 0 atom stereocenters. The van der Waals surface area contributed by atoms with E-state index in [9.17, 15) is 14.7 Å². The highest BCUT2D eigenvalue weighted by Crippen LogP contribution is 2.21. The van der Waals surface area contributed by atoms with Gasteiger partial charge in [0, 0.05) is 5.56 Å². The first-order valence-corrected chi connectivity index (χ1v) is 7.98. The van der Waals surface area contributed by atoms with Crippen LogP contribution in [0.3, 0.4) is 0 Å². The Morgan fingerprint density at radius 3 is 2.48 bits per heavy atom. The molecule has 7 heteroatoms. The van der Waals surface area contributed by atoms with Gasteiger partial charge < -0.3 is 10.4 Å². The van der Waals surface area contributed by atoms with Crippen LogP contribution in [0.1, 0.15) is 32.0 Å². The van der Waals surface area contributed by atoms with E-state index in [1.807, 2.05) is 37.3 Å². The van der Waals surface area contributed by atoms with Gasteiger partial charge in [0.15, 0.2) is 5.69 Å². The van der Waals surface area contributed by atoms with Crippen LogP contribution in [0.2, 0.25) is 0 Å². The summed E-state index contributed by atoms with van der Waals surface area (Å²) in [6.45, 7) is 1.95. The summed E-state index contributed by atoms with van der Waals surface area (Å²) in [5, 5.41) is 28.7. The van der Waals surface area contributed by atoms with E-state index in [4.69, 9.17) is 5.26 Å². The van der Waals surface area contributed by atoms with Gasteiger partial charge in [-0.3, -0.25) is 4.79 Å². The molecule has 0 unspecified atom stereocenters. The number of carbonyl (C=O) groups excluding carboxylic acids is 1. The summed E-state index contributed by atoms with van der Waals surface area (Å²) in [5.74, 6) is -1.84. The van der Waals surface area contributed by atoms with Gasteiger partial charge in [0.25, 0.3) is 5.91 Å². The molecule has 0 spiro atoms. The van der Waals surface area contributed by atoms with Crippen LogP contribution in [-0.2, 0) is 0 Å². The molecule has 3 rings (SSSR count). The lowest BCUT2D eigenvalue weighted by Gasteiger charge is -2.09. The van der Waals surface area contributed by atoms with Gasteiger partial charge in [0.2, 0.25) is 0 Å². The minimum absolute atomic E-state index is 0.0491. The fraction of sp³-hybridized carbons (Fsp3) is 0.0500. The van der Waals surface area contributed by atoms with Crippen molar-refractivity contribution in [2.45, 2.75) is 6.92 Å². The van der Waals surface area contributed by atoms with Gasteiger partial charge in [0.05, 0.1) is 28.6 Å². The van der Waals surface area contributed by atoms with Crippen LogP contribution in [0.5, 0.6) is 0 Å². The molecule has 2 aromatic carbocycles. The zero-order valence-electron chi connectivity index (χ0n) is 14.3. The second kappa shape index (κ2) is 7.45. The third-order valence-corrected chi connectivity index (χ3v) is 3.95. The maximum absolute atomic E-state index is 12.4. The van der Waals surface area contributed by atoms with Gasteiger partial charge in [-0.25, -0.2) is 4.79 Å². The summed E-state index contributed by atoms with van der Waals surface area (Å²) in [5.41, 5.74) is 2.73. The number of amides is 1. The van der Waals surface area contributed by atoms with Crippen molar-refractivity contribution in [1.29, 1.82) is 5.26 Å². The summed E-state index contributed by atoms with van der Waals surface area (Å²) in [7, 11) is 0. The van der Waals surface area contributed by atoms with Crippen LogP contribution < -0.4 is 5.32 Å². The SMILES string of the molecule is Cc1ccccc1-c1ccc(C(=O)Nc2ccc(C#N)cc2C(=O)O)nn1. The molecule has 0 radical (unpaired) electrons. The van der Waals surface area contributed by atoms with Crippen molar-refractivity contribution in [3.63, 3.8) is 0 Å². The highest BCUT2D eigenvalue weighted by molar-refractivity contribution is 6.06. The molecule has 0 aliphatic rings. The maximum atomic E-state index is 12.4. The molecule has 0 aliphatic carbocycles. The fourth-order valence-corrected chi connectivity index (χ4v) is 2.54. The number of aromatic carboxylic acids is 1. The first-order valence-electron chi connectivity index (χ1n) is 7.98. The highest BCUT2D eigenvalue weighted by Gasteiger charge is 2.16. The summed E-state index contributed by atoms with van der Waals surface area (Å²) in [6.07, 6.45) is 0. The fourth-order valence-electron chi connectivity index (χ4n) is 2.54. The quantitative estimate of drug-likeness (QED) is 0.739. The van der Waals surface area contributed by atoms with Crippen LogP contribution in [0.15, 0.2) is 54.6 Å². The van der Waals surface area contributed by atoms with E-state index in [2.05, 4.69) is 15.5 Å². The Kier molecular flexibility index (Phi) is 4.90. The number of nitrogens with zero attached hydrogens (tertiary/aromatic N) is 3. The number of nitriles is 1. The van der Waals surface area contributed by atoms with Crippen molar-refractivity contribution in [2.24, 2.45) is 0 Å². The summed E-state index contributed by atoms with van der Waals surface area (Å²) in [4.78, 5) is 23.7. The molecular formula is C20H14N4O3. The number of carboxylic acid groups (broad SMARTS) is 1. The lowest BCUT2D eigenvalue weighted by atomic mass is 10.1. The second-order valence-electron chi connectivity index (χ2n) is 5.75. The van der Waals surface area contributed by atoms with Crippen LogP contribution in [-0.4, -0.2) is 27.2 Å². The second-order valence-corrected chi connectivity index (χ2v) is 5.75. The van der Waals surface area contributed by atoms with Gasteiger partial charge in [-0.1, -0.05) is 24.3 Å². The Bertz CT molecular complexity index is 1070. The molecule has 0 aliphatic heterocycles. The van der Waals surface area contributed by atoms with Crippen LogP contribution in [0.4, 0.5) is 5.69 Å². The zero-order valence-corrected chi connectivity index (χ0v) is 14.3. The molecule has 1 heterocycles. The molecule has 1 aromatic heterocycles. The average Bonchev–Trinajstić information content (AvgIpc) is 2.68. The van der Waals surface area contributed by atoms with Gasteiger partial charge in [-0.15, -0.1) is 10.2 Å². The van der Waals surface area contributed by atoms with E-state index in [-0.39, 0.29) is 22.5 Å². The van der Waals surface area contributed by atoms with Crippen molar-refractivity contribution in [1.82, 2.24) is 10.2 Å². The summed E-state index contributed by atoms with van der Waals surface area (Å²) >= 11 is 0. The average molecular weight is 358 g/mol. The lowest BCUT2D eigenvalue weighted by molar-refractivity contribution is 0.0698. The van der Waals surface area contributed by atoms with Gasteiger partial charge >= 0.3 is 5.97 Å². The molecular weight excluding hydrogens is 344 g/mol. The number of rotatable bonds is 4. The van der Waals surface area contributed by atoms with Crippen LogP contribution in [0.25, 0.3) is 11.3 Å². The summed E-state index contributed by atoms with van der Waals surface area (Å²) in [6, 6.07) is 16.7. The number of nitrogens with one attached hydrogen (secondary N) is 1. The van der Waals surface area contributed by atoms with E-state index in [0.29, 0.717) is 5.69 Å². The standard InChI is InChI=1S/C20H14N4O3/c1-12-4-2-3-5-14(12)17-8-9-18(24-23-17)19(25)22-16-7-6-13(11-21)10-15(16)20(26)27/h2-10H,1H3,(H,22,25)(H,26,27). The molecule has 7 nitrogen and oxygen atoms in total. The van der Waals surface area contributed by atoms with E-state index in [0.717, 1.165) is 11.1 Å². The number of aryl methyl sites for hydroxylation is 1. The van der Waals surface area contributed by atoms with Crippen LogP contribution in [0, 0.1) is 18.3 Å². The van der Waals surface area contributed by atoms with Gasteiger partial charge in [-0.05, 0) is 42.8 Å². The molecule has 3 aromatic rings. The Morgan fingerprint density at radius 2 is 1.85 bits per heavy atom. The normalized spacial score (nSPS) is 10.1. The molecule has 132 valence electrons. The molecule has 1 amide bonds. The number of carboxylic acids is 1. The number of anilines is 1. The Morgan fingerprint density at radius 1 is 1.07 bits per heavy atom. The van der Waals surface area contributed by atoms with Crippen molar-refractivity contribution >= 4 is 17.6 Å². The Balaban J connectivity index is 1.84. The number of aromatic nitrogens is 2. The van der Waals surface area contributed by atoms with Crippen molar-refractivity contribution in [3.05, 3.63) is 77.0 Å². The first-order chi connectivity index (χ1) is 13.0. The number of hydrogen-bond donors (Lipinski definition) is 2. The number of carbonyl (C=O) groups is 2. The molecule has 0 fully saturated rings. The van der Waals surface area contributed by atoms with E-state index in [1.54, 1.807) is 6.07 Å². The Hall–Kier alpha value is -4.05. The molecule has 0 bridgehead atoms. The van der Waals surface area contributed by atoms with E-state index < -0.39 is 11.9 Å². The van der Waals surface area contributed by atoms with E-state index in [1.165, 1.54) is 24.3 Å². The van der Waals surface area contributed by atoms with Crippen LogP contribution >= 0.6 is 0 Å². The largest absolute Gasteiger partial charge is 0.478 e. The molecule has 27 heavy (non-hydrogen) atoms. The van der Waals surface area contributed by atoms with Gasteiger partial charge in [-0.2, -0.15) is 5.26 Å². The van der Waals surface area contributed by atoms with E-state index >= 15 is 0 Å². The molecule has 2 N–H and O–H groups in total. The third-order valence-electron chi connectivity index (χ3n) is 3.95. The lowest BCUT2D eigenvalue weighted by Crippen LogP contribution is -2.17. The Labute approximate surface area is 154 Å². The molecule has 0 saturated carbocycles. The van der Waals surface area contributed by atoms with Crippen molar-refractivity contribution < 1.29 is 14.7 Å². The number of hydrogen-bond acceptors (Lipinski definition) is 5. The van der Waals surface area contributed by atoms with Crippen molar-refractivity contribution in [2.75, 3.05) is 5.32 Å². The highest BCUT2D eigenvalue weighted by atomic mass is 16.4. The zero-order chi connectivity index (χ0) is 19.4. The van der Waals surface area contributed by atoms with Crippen molar-refractivity contribution in [3.8, 4) is 17.3 Å². The maximum Gasteiger partial charge on any atom is 0.337 e. The smallest absolute Gasteiger partial charge is 0.337 e. The van der Waals surface area contributed by atoms with Gasteiger partial charge in [0.1, 0.15) is 0 Å². The first kappa shape index (κ1) is 17.8. The number of benzene rings is 2. The minimum atomic E-state index is -1.25. The topological polar surface area (TPSA) is 116 Å². The third kappa shape index (κ3) is 3.80. The predicted molar refractivity (Wildman–Crippen MR) is 98.3 cm³/mol. The minimum Gasteiger partial charge on any atom is -0.478 e. The molecule has 0 saturated heterocycles. The monoisotopic (exact) mass is 358 g/mol. The predicted octanol–water partition coefficient (Wildman–Crippen LogP) is 3.27.